The summed E-state index contributed by atoms with van der Waals surface area (Å²) in [7, 11) is 0. The summed E-state index contributed by atoms with van der Waals surface area (Å²) in [6, 6.07) is 7.11. The second-order valence-electron chi connectivity index (χ2n) is 4.38. The Morgan fingerprint density at radius 1 is 1.44 bits per heavy atom. The molecule has 0 saturated heterocycles. The minimum Gasteiger partial charge on any atom is -0.382 e. The Hall–Kier alpha value is -0.860. The molecule has 88 valence electrons. The zero-order valence-electron chi connectivity index (χ0n) is 10.3. The average Bonchev–Trinajstić information content (AvgIpc) is 2.31. The van der Waals surface area contributed by atoms with E-state index >= 15 is 0 Å². The number of aryl methyl sites for hydroxylation is 1. The predicted octanol–water partition coefficient (Wildman–Crippen LogP) is 2.61. The topological polar surface area (TPSA) is 21.3 Å². The van der Waals surface area contributed by atoms with E-state index < -0.39 is 0 Å². The van der Waals surface area contributed by atoms with Gasteiger partial charge in [0.05, 0.1) is 0 Å². The van der Waals surface area contributed by atoms with Crippen molar-refractivity contribution in [2.75, 3.05) is 19.8 Å². The minimum atomic E-state index is 0.482. The molecule has 1 aliphatic heterocycles. The lowest BCUT2D eigenvalue weighted by Gasteiger charge is -2.28. The van der Waals surface area contributed by atoms with Crippen LogP contribution in [0.1, 0.15) is 36.1 Å². The summed E-state index contributed by atoms with van der Waals surface area (Å²) in [5.74, 6) is 0. The summed E-state index contributed by atoms with van der Waals surface area (Å²) in [6.07, 6.45) is 2.23. The molecule has 2 rings (SSSR count). The molecule has 0 aromatic heterocycles. The highest BCUT2D eigenvalue weighted by atomic mass is 16.5. The summed E-state index contributed by atoms with van der Waals surface area (Å²) < 4.78 is 5.44. The fraction of sp³-hybridized carbons (Fsp3) is 0.571. The third-order valence-corrected chi connectivity index (χ3v) is 3.34. The molecule has 0 radical (unpaired) electrons. The maximum absolute atomic E-state index is 5.44. The standard InChI is InChI=1S/C14H21NO/c1-3-16-10-8-14-13-6-4-5-11(2)12(13)7-9-15-14/h4-6,14-15H,3,7-10H2,1-2H3. The van der Waals surface area contributed by atoms with Crippen LogP contribution in [-0.2, 0) is 11.2 Å². The van der Waals surface area contributed by atoms with E-state index in [2.05, 4.69) is 30.4 Å². The minimum absolute atomic E-state index is 0.482. The molecular formula is C14H21NO. The second kappa shape index (κ2) is 5.46. The molecule has 1 atom stereocenters. The van der Waals surface area contributed by atoms with Crippen molar-refractivity contribution in [1.82, 2.24) is 5.32 Å². The molecule has 1 heterocycles. The van der Waals surface area contributed by atoms with E-state index in [-0.39, 0.29) is 0 Å². The van der Waals surface area contributed by atoms with Crippen molar-refractivity contribution < 1.29 is 4.74 Å². The number of rotatable bonds is 4. The van der Waals surface area contributed by atoms with Gasteiger partial charge in [-0.15, -0.1) is 0 Å². The van der Waals surface area contributed by atoms with Crippen LogP contribution in [0.5, 0.6) is 0 Å². The molecule has 0 fully saturated rings. The van der Waals surface area contributed by atoms with Gasteiger partial charge in [0.2, 0.25) is 0 Å². The van der Waals surface area contributed by atoms with E-state index in [1.54, 1.807) is 5.56 Å². The lowest BCUT2D eigenvalue weighted by atomic mass is 9.90. The summed E-state index contributed by atoms with van der Waals surface area (Å²) in [5.41, 5.74) is 4.45. The number of benzene rings is 1. The third kappa shape index (κ3) is 2.45. The number of ether oxygens (including phenoxy) is 1. The molecule has 1 aromatic rings. The molecule has 1 aliphatic rings. The van der Waals surface area contributed by atoms with Gasteiger partial charge >= 0.3 is 0 Å². The summed E-state index contributed by atoms with van der Waals surface area (Å²) in [5, 5.41) is 3.58. The smallest absolute Gasteiger partial charge is 0.0484 e. The van der Waals surface area contributed by atoms with Crippen LogP contribution < -0.4 is 5.32 Å². The van der Waals surface area contributed by atoms with E-state index in [1.807, 2.05) is 6.92 Å². The maximum Gasteiger partial charge on any atom is 0.0484 e. The first-order valence-electron chi connectivity index (χ1n) is 6.22. The van der Waals surface area contributed by atoms with Crippen molar-refractivity contribution in [3.8, 4) is 0 Å². The molecule has 2 nitrogen and oxygen atoms in total. The van der Waals surface area contributed by atoms with Crippen LogP contribution >= 0.6 is 0 Å². The molecule has 1 unspecified atom stereocenters. The summed E-state index contributed by atoms with van der Waals surface area (Å²) >= 11 is 0. The average molecular weight is 219 g/mol. The van der Waals surface area contributed by atoms with Gasteiger partial charge in [0.1, 0.15) is 0 Å². The zero-order chi connectivity index (χ0) is 11.4. The molecule has 0 amide bonds. The van der Waals surface area contributed by atoms with Crippen LogP contribution in [0.3, 0.4) is 0 Å². The monoisotopic (exact) mass is 219 g/mol. The molecule has 1 N–H and O–H groups in total. The Morgan fingerprint density at radius 3 is 3.12 bits per heavy atom. The SMILES string of the molecule is CCOCCC1NCCc2c(C)cccc21. The molecular weight excluding hydrogens is 198 g/mol. The highest BCUT2D eigenvalue weighted by Crippen LogP contribution is 2.27. The van der Waals surface area contributed by atoms with E-state index in [1.165, 1.54) is 11.1 Å². The maximum atomic E-state index is 5.44. The van der Waals surface area contributed by atoms with Crippen LogP contribution in [0.15, 0.2) is 18.2 Å². The molecule has 0 saturated carbocycles. The van der Waals surface area contributed by atoms with Crippen LogP contribution in [0.2, 0.25) is 0 Å². The van der Waals surface area contributed by atoms with Crippen LogP contribution in [0.25, 0.3) is 0 Å². The van der Waals surface area contributed by atoms with Gasteiger partial charge in [-0.25, -0.2) is 0 Å². The first-order chi connectivity index (χ1) is 7.83. The fourth-order valence-electron chi connectivity index (χ4n) is 2.48. The van der Waals surface area contributed by atoms with Crippen LogP contribution in [-0.4, -0.2) is 19.8 Å². The van der Waals surface area contributed by atoms with Crippen molar-refractivity contribution in [2.24, 2.45) is 0 Å². The van der Waals surface area contributed by atoms with E-state index in [0.29, 0.717) is 6.04 Å². The zero-order valence-corrected chi connectivity index (χ0v) is 10.3. The van der Waals surface area contributed by atoms with Gasteiger partial charge in [-0.05, 0) is 49.9 Å². The normalized spacial score (nSPS) is 19.5. The van der Waals surface area contributed by atoms with Crippen LogP contribution in [0.4, 0.5) is 0 Å². The van der Waals surface area contributed by atoms with Crippen molar-refractivity contribution in [1.29, 1.82) is 0 Å². The Bertz CT molecular complexity index is 349. The highest BCUT2D eigenvalue weighted by molar-refractivity contribution is 5.38. The van der Waals surface area contributed by atoms with Gasteiger partial charge in [0, 0.05) is 19.3 Å². The summed E-state index contributed by atoms with van der Waals surface area (Å²) in [6.45, 7) is 7.01. The molecule has 16 heavy (non-hydrogen) atoms. The number of hydrogen-bond acceptors (Lipinski definition) is 2. The van der Waals surface area contributed by atoms with Gasteiger partial charge in [-0.3, -0.25) is 0 Å². The lowest BCUT2D eigenvalue weighted by molar-refractivity contribution is 0.135. The summed E-state index contributed by atoms with van der Waals surface area (Å²) in [4.78, 5) is 0. The van der Waals surface area contributed by atoms with E-state index in [9.17, 15) is 0 Å². The Balaban J connectivity index is 2.10. The highest BCUT2D eigenvalue weighted by Gasteiger charge is 2.19. The van der Waals surface area contributed by atoms with Crippen molar-refractivity contribution >= 4 is 0 Å². The fourth-order valence-corrected chi connectivity index (χ4v) is 2.48. The number of hydrogen-bond donors (Lipinski definition) is 1. The molecule has 0 spiro atoms. The lowest BCUT2D eigenvalue weighted by Crippen LogP contribution is -2.31. The molecule has 2 heteroatoms. The Kier molecular flexibility index (Phi) is 3.97. The van der Waals surface area contributed by atoms with Crippen LogP contribution in [0, 0.1) is 6.92 Å². The molecule has 1 aromatic carbocycles. The van der Waals surface area contributed by atoms with Gasteiger partial charge in [0.25, 0.3) is 0 Å². The first kappa shape index (κ1) is 11.6. The van der Waals surface area contributed by atoms with Gasteiger partial charge in [-0.1, -0.05) is 18.2 Å². The Morgan fingerprint density at radius 2 is 2.31 bits per heavy atom. The Labute approximate surface area is 98.0 Å². The second-order valence-corrected chi connectivity index (χ2v) is 4.38. The van der Waals surface area contributed by atoms with E-state index in [0.717, 1.165) is 32.6 Å². The molecule has 0 aliphatic carbocycles. The first-order valence-corrected chi connectivity index (χ1v) is 6.22. The van der Waals surface area contributed by atoms with Crippen molar-refractivity contribution in [3.63, 3.8) is 0 Å². The predicted molar refractivity (Wildman–Crippen MR) is 66.7 cm³/mol. The van der Waals surface area contributed by atoms with E-state index in [4.69, 9.17) is 4.74 Å². The van der Waals surface area contributed by atoms with Crippen molar-refractivity contribution in [2.45, 2.75) is 32.7 Å². The third-order valence-electron chi connectivity index (χ3n) is 3.34. The quantitative estimate of drug-likeness (QED) is 0.786. The van der Waals surface area contributed by atoms with Gasteiger partial charge in [-0.2, -0.15) is 0 Å². The largest absolute Gasteiger partial charge is 0.382 e. The van der Waals surface area contributed by atoms with Gasteiger partial charge < -0.3 is 10.1 Å². The number of nitrogens with one attached hydrogen (secondary N) is 1. The molecule has 0 bridgehead atoms. The van der Waals surface area contributed by atoms with Crippen molar-refractivity contribution in [3.05, 3.63) is 34.9 Å². The van der Waals surface area contributed by atoms with Gasteiger partial charge in [0.15, 0.2) is 0 Å². The number of fused-ring (bicyclic) bond motifs is 1.